The molecule has 1 N–H and O–H groups in total. The normalized spacial score (nSPS) is 19.7. The molecule has 0 bridgehead atoms. The molecule has 2 saturated heterocycles. The number of rotatable bonds is 5. The number of carbonyl (C=O) groups excluding carboxylic acids is 2. The molecule has 1 atom stereocenters. The Hall–Kier alpha value is -2.89. The number of aromatic nitrogens is 1. The molecule has 0 saturated carbocycles. The molecular formula is C22H26N4O2. The van der Waals surface area contributed by atoms with Crippen LogP contribution in [0.4, 0.5) is 11.4 Å². The van der Waals surface area contributed by atoms with E-state index in [1.54, 1.807) is 17.3 Å². The van der Waals surface area contributed by atoms with E-state index in [0.717, 1.165) is 24.3 Å². The van der Waals surface area contributed by atoms with Crippen molar-refractivity contribution in [1.82, 2.24) is 10.3 Å². The van der Waals surface area contributed by atoms with Crippen LogP contribution in [0.1, 0.15) is 31.2 Å². The molecule has 2 aliphatic rings. The highest BCUT2D eigenvalue weighted by atomic mass is 16.2. The molecule has 0 radical (unpaired) electrons. The summed E-state index contributed by atoms with van der Waals surface area (Å²) in [5.41, 5.74) is 3.08. The second-order valence-electron chi connectivity index (χ2n) is 7.54. The van der Waals surface area contributed by atoms with Crippen molar-refractivity contribution < 1.29 is 9.59 Å². The number of benzene rings is 1. The van der Waals surface area contributed by atoms with E-state index < -0.39 is 0 Å². The maximum absolute atomic E-state index is 12.5. The first-order valence-corrected chi connectivity index (χ1v) is 10.0. The minimum atomic E-state index is -0.309. The molecule has 6 nitrogen and oxygen atoms in total. The number of piperidine rings is 1. The molecule has 28 heavy (non-hydrogen) atoms. The van der Waals surface area contributed by atoms with Gasteiger partial charge in [0, 0.05) is 56.4 Å². The molecule has 6 heteroatoms. The molecule has 1 unspecified atom stereocenters. The summed E-state index contributed by atoms with van der Waals surface area (Å²) in [6.45, 7) is 3.09. The molecular weight excluding hydrogens is 352 g/mol. The van der Waals surface area contributed by atoms with Crippen molar-refractivity contribution in [1.29, 1.82) is 0 Å². The zero-order valence-electron chi connectivity index (χ0n) is 16.0. The monoisotopic (exact) mass is 378 g/mol. The number of amides is 2. The van der Waals surface area contributed by atoms with Crippen LogP contribution in [0, 0.1) is 5.92 Å². The summed E-state index contributed by atoms with van der Waals surface area (Å²) in [4.78, 5) is 33.1. The first-order chi connectivity index (χ1) is 13.7. The highest BCUT2D eigenvalue weighted by molar-refractivity contribution is 6.00. The Bertz CT molecular complexity index is 816. The van der Waals surface area contributed by atoms with Crippen LogP contribution in [-0.2, 0) is 16.1 Å². The maximum Gasteiger partial charge on any atom is 0.227 e. The molecule has 146 valence electrons. The Morgan fingerprint density at radius 2 is 1.68 bits per heavy atom. The van der Waals surface area contributed by atoms with E-state index in [4.69, 9.17) is 0 Å². The second-order valence-corrected chi connectivity index (χ2v) is 7.54. The summed E-state index contributed by atoms with van der Waals surface area (Å²) in [7, 11) is 0. The Morgan fingerprint density at radius 1 is 1.00 bits per heavy atom. The number of hydrogen-bond donors (Lipinski definition) is 1. The zero-order valence-corrected chi connectivity index (χ0v) is 16.0. The fourth-order valence-electron chi connectivity index (χ4n) is 3.96. The van der Waals surface area contributed by atoms with Gasteiger partial charge in [0.25, 0.3) is 0 Å². The van der Waals surface area contributed by atoms with E-state index in [-0.39, 0.29) is 24.2 Å². The van der Waals surface area contributed by atoms with E-state index in [2.05, 4.69) is 27.3 Å². The lowest BCUT2D eigenvalue weighted by Gasteiger charge is -2.29. The molecule has 1 aromatic carbocycles. The largest absolute Gasteiger partial charge is 0.372 e. The van der Waals surface area contributed by atoms with Gasteiger partial charge in [0.1, 0.15) is 0 Å². The average Bonchev–Trinajstić information content (AvgIpc) is 3.15. The third-order valence-corrected chi connectivity index (χ3v) is 5.59. The number of anilines is 2. The van der Waals surface area contributed by atoms with Gasteiger partial charge in [0.05, 0.1) is 5.92 Å². The molecule has 2 fully saturated rings. The van der Waals surface area contributed by atoms with Gasteiger partial charge in [0.2, 0.25) is 11.8 Å². The van der Waals surface area contributed by atoms with E-state index in [9.17, 15) is 9.59 Å². The zero-order chi connectivity index (χ0) is 19.3. The fraction of sp³-hybridized carbons (Fsp3) is 0.409. The van der Waals surface area contributed by atoms with Gasteiger partial charge in [-0.1, -0.05) is 0 Å². The molecule has 4 rings (SSSR count). The van der Waals surface area contributed by atoms with Gasteiger partial charge in [-0.05, 0) is 61.2 Å². The van der Waals surface area contributed by atoms with Gasteiger partial charge < -0.3 is 15.1 Å². The number of nitrogens with zero attached hydrogens (tertiary/aromatic N) is 3. The quantitative estimate of drug-likeness (QED) is 0.869. The van der Waals surface area contributed by atoms with Gasteiger partial charge in [-0.15, -0.1) is 0 Å². The van der Waals surface area contributed by atoms with Crippen LogP contribution in [0.15, 0.2) is 48.8 Å². The third-order valence-electron chi connectivity index (χ3n) is 5.59. The molecule has 2 aromatic rings. The van der Waals surface area contributed by atoms with E-state index in [0.29, 0.717) is 13.1 Å². The molecule has 1 aromatic heterocycles. The van der Waals surface area contributed by atoms with Crippen LogP contribution in [0.2, 0.25) is 0 Å². The van der Waals surface area contributed by atoms with E-state index >= 15 is 0 Å². The van der Waals surface area contributed by atoms with Crippen LogP contribution < -0.4 is 15.1 Å². The van der Waals surface area contributed by atoms with Crippen LogP contribution in [0.3, 0.4) is 0 Å². The minimum Gasteiger partial charge on any atom is -0.372 e. The number of nitrogens with one attached hydrogen (secondary N) is 1. The van der Waals surface area contributed by atoms with Crippen molar-refractivity contribution in [2.75, 3.05) is 29.4 Å². The van der Waals surface area contributed by atoms with Gasteiger partial charge in [-0.3, -0.25) is 14.6 Å². The molecule has 3 heterocycles. The molecule has 0 aliphatic carbocycles. The lowest BCUT2D eigenvalue weighted by atomic mass is 10.1. The summed E-state index contributed by atoms with van der Waals surface area (Å²) in [6, 6.07) is 11.9. The van der Waals surface area contributed by atoms with Crippen molar-refractivity contribution >= 4 is 23.2 Å². The standard InChI is InChI=1S/C22H26N4O2/c27-21-14-18(22(28)24-15-17-8-10-23-11-9-17)16-26(21)20-6-4-19(5-7-20)25-12-2-1-3-13-25/h4-11,18H,1-3,12-16H2,(H,24,28). The highest BCUT2D eigenvalue weighted by Crippen LogP contribution is 2.28. The van der Waals surface area contributed by atoms with Gasteiger partial charge in [0.15, 0.2) is 0 Å². The van der Waals surface area contributed by atoms with Crippen molar-refractivity contribution in [2.24, 2.45) is 5.92 Å². The summed E-state index contributed by atoms with van der Waals surface area (Å²) in [6.07, 6.45) is 7.45. The van der Waals surface area contributed by atoms with Crippen molar-refractivity contribution in [2.45, 2.75) is 32.2 Å². The Labute approximate surface area is 165 Å². The van der Waals surface area contributed by atoms with Gasteiger partial charge in [-0.25, -0.2) is 0 Å². The summed E-state index contributed by atoms with van der Waals surface area (Å²) in [5, 5.41) is 2.93. The molecule has 0 spiro atoms. The van der Waals surface area contributed by atoms with Crippen LogP contribution in [-0.4, -0.2) is 36.4 Å². The second kappa shape index (κ2) is 8.42. The van der Waals surface area contributed by atoms with Gasteiger partial charge >= 0.3 is 0 Å². The average molecular weight is 378 g/mol. The Kier molecular flexibility index (Phi) is 5.55. The maximum atomic E-state index is 12.5. The van der Waals surface area contributed by atoms with E-state index in [1.165, 1.54) is 24.9 Å². The van der Waals surface area contributed by atoms with Gasteiger partial charge in [-0.2, -0.15) is 0 Å². The predicted molar refractivity (Wildman–Crippen MR) is 109 cm³/mol. The first-order valence-electron chi connectivity index (χ1n) is 10.0. The summed E-state index contributed by atoms with van der Waals surface area (Å²) in [5.74, 6) is -0.372. The van der Waals surface area contributed by atoms with Crippen LogP contribution in [0.25, 0.3) is 0 Å². The summed E-state index contributed by atoms with van der Waals surface area (Å²) >= 11 is 0. The highest BCUT2D eigenvalue weighted by Gasteiger charge is 2.35. The minimum absolute atomic E-state index is 0.00906. The lowest BCUT2D eigenvalue weighted by Crippen LogP contribution is -2.32. The topological polar surface area (TPSA) is 65.5 Å². The Morgan fingerprint density at radius 3 is 2.39 bits per heavy atom. The van der Waals surface area contributed by atoms with Crippen LogP contribution in [0.5, 0.6) is 0 Å². The van der Waals surface area contributed by atoms with Crippen molar-refractivity contribution in [3.8, 4) is 0 Å². The first kappa shape index (κ1) is 18.5. The number of pyridine rings is 1. The fourth-order valence-corrected chi connectivity index (χ4v) is 3.96. The number of hydrogen-bond acceptors (Lipinski definition) is 4. The SMILES string of the molecule is O=C(NCc1ccncc1)C1CC(=O)N(c2ccc(N3CCCCC3)cc2)C1. The molecule has 2 aliphatic heterocycles. The van der Waals surface area contributed by atoms with Crippen molar-refractivity contribution in [3.63, 3.8) is 0 Å². The predicted octanol–water partition coefficient (Wildman–Crippen LogP) is 2.74. The molecule has 2 amide bonds. The number of carbonyl (C=O) groups is 2. The summed E-state index contributed by atoms with van der Waals surface area (Å²) < 4.78 is 0. The lowest BCUT2D eigenvalue weighted by molar-refractivity contribution is -0.126. The van der Waals surface area contributed by atoms with Crippen LogP contribution >= 0.6 is 0 Å². The van der Waals surface area contributed by atoms with Crippen molar-refractivity contribution in [3.05, 3.63) is 54.4 Å². The third kappa shape index (κ3) is 4.16. The van der Waals surface area contributed by atoms with E-state index in [1.807, 2.05) is 24.3 Å². The Balaban J connectivity index is 1.35. The smallest absolute Gasteiger partial charge is 0.227 e.